The molecule has 8 nitrogen and oxygen atoms in total. The van der Waals surface area contributed by atoms with Gasteiger partial charge in [-0.3, -0.25) is 9.59 Å². The van der Waals surface area contributed by atoms with Gasteiger partial charge in [-0.05, 0) is 31.6 Å². The maximum absolute atomic E-state index is 11.9. The normalized spacial score (nSPS) is 14.0. The van der Waals surface area contributed by atoms with Crippen molar-refractivity contribution < 1.29 is 59.2 Å². The van der Waals surface area contributed by atoms with E-state index in [9.17, 15) is 14.7 Å². The zero-order chi connectivity index (χ0) is 38.4. The Morgan fingerprint density at radius 3 is 1.33 bits per heavy atom. The summed E-state index contributed by atoms with van der Waals surface area (Å²) in [5, 5.41) is 28.3. The van der Waals surface area contributed by atoms with E-state index in [1.807, 2.05) is 13.8 Å². The smallest absolute Gasteiger partial charge is 0.846 e. The Hall–Kier alpha value is -1.81. The quantitative estimate of drug-likeness (QED) is 0.0669. The molecule has 280 valence electrons. The number of nitrogens with zero attached hydrogens (tertiary/aromatic N) is 1. The van der Waals surface area contributed by atoms with E-state index in [1.165, 1.54) is 77.0 Å². The number of aliphatic hydroxyl groups excluding tert-OH is 2. The predicted molar refractivity (Wildman–Crippen MR) is 205 cm³/mol. The van der Waals surface area contributed by atoms with Crippen LogP contribution in [0.4, 0.5) is 0 Å². The number of nitrogens with one attached hydrogen (secondary N) is 1. The molecule has 0 radical (unpaired) electrons. The number of amides is 2. The number of carbonyl (C=O) groups is 2. The molecule has 0 aromatic heterocycles. The van der Waals surface area contributed by atoms with E-state index >= 15 is 0 Å². The second-order valence-electron chi connectivity index (χ2n) is 9.79. The average Bonchev–Trinajstić information content (AvgIpc) is 3.12. The third-order valence-corrected chi connectivity index (χ3v) is 6.72. The molecule has 2 unspecified atom stereocenters. The molecule has 9 heteroatoms. The Morgan fingerprint density at radius 2 is 1.04 bits per heavy atom. The van der Waals surface area contributed by atoms with Crippen molar-refractivity contribution in [3.05, 3.63) is 65.8 Å². The molecule has 0 saturated carbocycles. The summed E-state index contributed by atoms with van der Waals surface area (Å²) >= 11 is 0. The Bertz CT molecular complexity index is 639. The fourth-order valence-electron chi connectivity index (χ4n) is 4.37. The number of aliphatic hydroxyl groups is 2. The van der Waals surface area contributed by atoms with Crippen LogP contribution in [-0.2, 0) is 14.3 Å². The summed E-state index contributed by atoms with van der Waals surface area (Å²) < 4.78 is 5.65. The second-order valence-corrected chi connectivity index (χ2v) is 9.79. The van der Waals surface area contributed by atoms with Crippen LogP contribution in [0.15, 0.2) is 70.8 Å². The van der Waals surface area contributed by atoms with Crippen molar-refractivity contribution in [3.8, 4) is 0 Å². The van der Waals surface area contributed by atoms with Gasteiger partial charge in [-0.1, -0.05) is 105 Å². The molecule has 3 N–H and O–H groups in total. The minimum Gasteiger partial charge on any atom is -0.846 e. The van der Waals surface area contributed by atoms with E-state index in [4.69, 9.17) is 14.9 Å². The van der Waals surface area contributed by atoms with Crippen molar-refractivity contribution in [3.63, 3.8) is 0 Å². The van der Waals surface area contributed by atoms with Crippen LogP contribution in [-0.4, -0.2) is 54.5 Å². The molecule has 1 heterocycles. The van der Waals surface area contributed by atoms with Crippen molar-refractivity contribution in [1.29, 1.82) is 0 Å². The Labute approximate surface area is 320 Å². The summed E-state index contributed by atoms with van der Waals surface area (Å²) in [6, 6.07) is -0.845. The van der Waals surface area contributed by atoms with Gasteiger partial charge in [0.2, 0.25) is 5.91 Å². The van der Waals surface area contributed by atoms with Gasteiger partial charge in [-0.25, -0.2) is 4.99 Å². The second kappa shape index (κ2) is 60.5. The number of ether oxygens (including phenoxy) is 1. The van der Waals surface area contributed by atoms with Gasteiger partial charge in [0.15, 0.2) is 0 Å². The number of amidine groups is 1. The predicted octanol–water partition coefficient (Wildman–Crippen LogP) is 5.90. The molecular weight excluding hydrogens is 615 g/mol. The van der Waals surface area contributed by atoms with Gasteiger partial charge in [-0.15, -0.1) is 65.8 Å². The SMILES string of the molecule is C=C.C=C.C=C.C=C.C=C.CCCC(C)C1(CC)C(=O)N=C([O-])NC1=O.CCCCCCCCOCCCCCCCC.OCCO.[Na+]. The van der Waals surface area contributed by atoms with Gasteiger partial charge in [-0.2, -0.15) is 0 Å². The minimum absolute atomic E-state index is 0. The Kier molecular flexibility index (Phi) is 81.5. The molecule has 1 aliphatic heterocycles. The standard InChI is InChI=1S/C16H34O.C11H18N2O3.C2H6O2.5C2H4.Na/c1-3-5-7-9-11-13-15-17-16-14-12-10-8-6-4-2;1-4-6-7(3)11(5-2)8(14)12-10(16)13-9(11)15;3-1-2-4;5*1-2;/h3-16H2,1-2H3;7H,4-6H2,1-3H3,(H2,12,13,14,15,16);3-4H,1-2H2;5*1-2H2;/q;;;;;;;;+1/p-1. The number of unbranched alkanes of at least 4 members (excludes halogenated alkanes) is 10. The average molecular weight is 693 g/mol. The molecule has 48 heavy (non-hydrogen) atoms. The molecule has 0 spiro atoms. The van der Waals surface area contributed by atoms with E-state index in [2.05, 4.69) is 89.9 Å². The zero-order valence-electron chi connectivity index (χ0n) is 32.6. The van der Waals surface area contributed by atoms with Crippen molar-refractivity contribution in [2.45, 2.75) is 131 Å². The number of hydrogen-bond acceptors (Lipinski definition) is 6. The maximum Gasteiger partial charge on any atom is 1.00 e. The van der Waals surface area contributed by atoms with E-state index in [1.54, 1.807) is 6.92 Å². The van der Waals surface area contributed by atoms with Crippen LogP contribution in [0.1, 0.15) is 131 Å². The Morgan fingerprint density at radius 1 is 0.688 bits per heavy atom. The summed E-state index contributed by atoms with van der Waals surface area (Å²) in [4.78, 5) is 27.1. The first kappa shape index (κ1) is 64.7. The third-order valence-electron chi connectivity index (χ3n) is 6.72. The number of carbonyl (C=O) groups excluding carboxylic acids is 2. The van der Waals surface area contributed by atoms with Crippen LogP contribution in [0.25, 0.3) is 0 Å². The van der Waals surface area contributed by atoms with E-state index in [-0.39, 0.29) is 48.7 Å². The summed E-state index contributed by atoms with van der Waals surface area (Å²) in [7, 11) is 0. The number of hydrogen-bond donors (Lipinski definition) is 3. The van der Waals surface area contributed by atoms with Gasteiger partial charge >= 0.3 is 29.6 Å². The Balaban J connectivity index is -0.0000000795. The molecule has 0 fully saturated rings. The van der Waals surface area contributed by atoms with Gasteiger partial charge in [0.1, 0.15) is 5.41 Å². The summed E-state index contributed by atoms with van der Waals surface area (Å²) in [6.07, 6.45) is 18.4. The molecule has 0 aromatic carbocycles. The van der Waals surface area contributed by atoms with Crippen molar-refractivity contribution in [2.24, 2.45) is 16.3 Å². The number of rotatable bonds is 19. The van der Waals surface area contributed by atoms with Crippen LogP contribution in [0.3, 0.4) is 0 Å². The summed E-state index contributed by atoms with van der Waals surface area (Å²) in [5.74, 6) is -1.20. The first-order valence-corrected chi connectivity index (χ1v) is 17.2. The zero-order valence-corrected chi connectivity index (χ0v) is 34.6. The summed E-state index contributed by atoms with van der Waals surface area (Å²) in [5.41, 5.74) is -1.15. The molecule has 2 amide bonds. The van der Waals surface area contributed by atoms with Crippen molar-refractivity contribution in [1.82, 2.24) is 5.32 Å². The molecule has 0 aromatic rings. The molecule has 0 saturated heterocycles. The van der Waals surface area contributed by atoms with E-state index in [0.717, 1.165) is 26.1 Å². The minimum atomic E-state index is -1.15. The molecule has 1 aliphatic rings. The first-order valence-electron chi connectivity index (χ1n) is 17.2. The van der Waals surface area contributed by atoms with Crippen LogP contribution in [0, 0.1) is 11.3 Å². The van der Waals surface area contributed by atoms with E-state index in [0.29, 0.717) is 6.42 Å². The molecule has 1 rings (SSSR count). The monoisotopic (exact) mass is 693 g/mol. The topological polar surface area (TPSA) is 131 Å². The van der Waals surface area contributed by atoms with Gasteiger partial charge < -0.3 is 25.4 Å². The van der Waals surface area contributed by atoms with Crippen molar-refractivity contribution >= 4 is 17.8 Å². The molecule has 2 atom stereocenters. The molecular formula is C39H77N2NaO6. The maximum atomic E-state index is 11.9. The molecule has 0 bridgehead atoms. The first-order chi connectivity index (χ1) is 22.8. The van der Waals surface area contributed by atoms with Crippen LogP contribution < -0.4 is 40.0 Å². The fourth-order valence-corrected chi connectivity index (χ4v) is 4.37. The fraction of sp³-hybridized carbons (Fsp3) is 0.667. The van der Waals surface area contributed by atoms with E-state index < -0.39 is 23.3 Å². The third kappa shape index (κ3) is 40.4. The van der Waals surface area contributed by atoms with Crippen LogP contribution in [0.5, 0.6) is 0 Å². The van der Waals surface area contributed by atoms with Gasteiger partial charge in [0.25, 0.3) is 5.91 Å². The molecule has 0 aliphatic carbocycles. The largest absolute Gasteiger partial charge is 1.00 e. The van der Waals surface area contributed by atoms with Crippen molar-refractivity contribution in [2.75, 3.05) is 26.4 Å². The summed E-state index contributed by atoms with van der Waals surface area (Å²) in [6.45, 7) is 41.9. The van der Waals surface area contributed by atoms with Crippen LogP contribution in [0.2, 0.25) is 0 Å². The van der Waals surface area contributed by atoms with Crippen LogP contribution >= 0.6 is 0 Å². The van der Waals surface area contributed by atoms with Gasteiger partial charge in [0, 0.05) is 13.2 Å². The van der Waals surface area contributed by atoms with Gasteiger partial charge in [0.05, 0.1) is 19.2 Å². The number of aliphatic imine (C=N–C) groups is 1.